The molecule has 5 nitrogen and oxygen atoms in total. The molecule has 1 amide bonds. The molecule has 1 aliphatic heterocycles. The predicted molar refractivity (Wildman–Crippen MR) is 97.0 cm³/mol. The van der Waals surface area contributed by atoms with Crippen molar-refractivity contribution in [3.05, 3.63) is 45.2 Å². The first kappa shape index (κ1) is 17.1. The number of H-pyrrole nitrogens is 1. The van der Waals surface area contributed by atoms with Gasteiger partial charge >= 0.3 is 0 Å². The molecule has 1 N–H and O–H groups in total. The van der Waals surface area contributed by atoms with E-state index < -0.39 is 0 Å². The van der Waals surface area contributed by atoms with Crippen LogP contribution in [0.15, 0.2) is 18.2 Å². The van der Waals surface area contributed by atoms with Gasteiger partial charge in [0.15, 0.2) is 0 Å². The van der Waals surface area contributed by atoms with E-state index in [-0.39, 0.29) is 5.91 Å². The SMILES string of the molecule is Cc1n[nH]c(C)c1CC(=O)N1CCN(c2ccc(Cl)cc2Cl)CC1. The molecule has 0 unspecified atom stereocenters. The number of amides is 1. The van der Waals surface area contributed by atoms with E-state index in [9.17, 15) is 4.79 Å². The predicted octanol–water partition coefficient (Wildman–Crippen LogP) is 3.22. The molecule has 2 heterocycles. The maximum absolute atomic E-state index is 12.5. The molecule has 3 rings (SSSR count). The maximum atomic E-state index is 12.5. The van der Waals surface area contributed by atoms with Crippen molar-refractivity contribution in [2.45, 2.75) is 20.3 Å². The number of halogens is 2. The molecule has 2 aromatic rings. The van der Waals surface area contributed by atoms with Crippen LogP contribution >= 0.6 is 23.2 Å². The quantitative estimate of drug-likeness (QED) is 0.906. The van der Waals surface area contributed by atoms with Crippen LogP contribution in [0.2, 0.25) is 10.0 Å². The normalized spacial score (nSPS) is 15.0. The molecular formula is C17H20Cl2N4O. The third-order valence-corrected chi connectivity index (χ3v) is 5.03. The van der Waals surface area contributed by atoms with E-state index in [4.69, 9.17) is 23.2 Å². The summed E-state index contributed by atoms with van der Waals surface area (Å²) in [5, 5.41) is 8.36. The summed E-state index contributed by atoms with van der Waals surface area (Å²) in [6.07, 6.45) is 0.399. The Hall–Kier alpha value is -1.72. The van der Waals surface area contributed by atoms with Crippen molar-refractivity contribution in [1.29, 1.82) is 0 Å². The molecule has 128 valence electrons. The van der Waals surface area contributed by atoms with Gasteiger partial charge in [-0.15, -0.1) is 0 Å². The van der Waals surface area contributed by atoms with Crippen LogP contribution in [0.3, 0.4) is 0 Å². The Balaban J connectivity index is 1.61. The van der Waals surface area contributed by atoms with Gasteiger partial charge in [-0.05, 0) is 32.0 Å². The van der Waals surface area contributed by atoms with E-state index in [0.29, 0.717) is 29.6 Å². The lowest BCUT2D eigenvalue weighted by molar-refractivity contribution is -0.130. The highest BCUT2D eigenvalue weighted by Crippen LogP contribution is 2.29. The lowest BCUT2D eigenvalue weighted by Crippen LogP contribution is -2.49. The zero-order valence-electron chi connectivity index (χ0n) is 13.8. The molecular weight excluding hydrogens is 347 g/mol. The van der Waals surface area contributed by atoms with Crippen LogP contribution in [0.5, 0.6) is 0 Å². The standard InChI is InChI=1S/C17H20Cl2N4O/c1-11-14(12(2)21-20-11)10-17(24)23-7-5-22(6-8-23)16-4-3-13(18)9-15(16)19/h3-4,9H,5-8,10H2,1-2H3,(H,20,21). The number of aromatic nitrogens is 2. The zero-order chi connectivity index (χ0) is 17.3. The fourth-order valence-corrected chi connectivity index (χ4v) is 3.56. The van der Waals surface area contributed by atoms with Crippen molar-refractivity contribution in [2.75, 3.05) is 31.1 Å². The molecule has 0 spiro atoms. The van der Waals surface area contributed by atoms with Crippen LogP contribution in [0.25, 0.3) is 0 Å². The van der Waals surface area contributed by atoms with Gasteiger partial charge in [-0.1, -0.05) is 23.2 Å². The summed E-state index contributed by atoms with van der Waals surface area (Å²) in [6, 6.07) is 5.52. The van der Waals surface area contributed by atoms with Crippen molar-refractivity contribution in [2.24, 2.45) is 0 Å². The highest BCUT2D eigenvalue weighted by atomic mass is 35.5. The maximum Gasteiger partial charge on any atom is 0.227 e. The number of nitrogens with one attached hydrogen (secondary N) is 1. The van der Waals surface area contributed by atoms with Gasteiger partial charge in [-0.3, -0.25) is 9.89 Å². The first-order chi connectivity index (χ1) is 11.5. The van der Waals surface area contributed by atoms with Crippen molar-refractivity contribution < 1.29 is 4.79 Å². The summed E-state index contributed by atoms with van der Waals surface area (Å²) < 4.78 is 0. The van der Waals surface area contributed by atoms with Crippen molar-refractivity contribution >= 4 is 34.8 Å². The molecule has 1 aromatic carbocycles. The molecule has 24 heavy (non-hydrogen) atoms. The van der Waals surface area contributed by atoms with Crippen LogP contribution in [0, 0.1) is 13.8 Å². The number of nitrogens with zero attached hydrogens (tertiary/aromatic N) is 3. The molecule has 0 aliphatic carbocycles. The Labute approximate surface area is 151 Å². The fourth-order valence-electron chi connectivity index (χ4n) is 3.03. The van der Waals surface area contributed by atoms with Crippen LogP contribution in [-0.2, 0) is 11.2 Å². The van der Waals surface area contributed by atoms with Gasteiger partial charge in [0.25, 0.3) is 0 Å². The largest absolute Gasteiger partial charge is 0.367 e. The number of anilines is 1. The van der Waals surface area contributed by atoms with E-state index in [1.54, 1.807) is 6.07 Å². The Morgan fingerprint density at radius 3 is 2.50 bits per heavy atom. The summed E-state index contributed by atoms with van der Waals surface area (Å²) in [6.45, 7) is 6.77. The smallest absolute Gasteiger partial charge is 0.227 e. The van der Waals surface area contributed by atoms with E-state index in [2.05, 4.69) is 15.1 Å². The highest BCUT2D eigenvalue weighted by molar-refractivity contribution is 6.36. The lowest BCUT2D eigenvalue weighted by Gasteiger charge is -2.36. The number of carbonyl (C=O) groups excluding carboxylic acids is 1. The minimum atomic E-state index is 0.143. The number of rotatable bonds is 3. The number of carbonyl (C=O) groups is 1. The average molecular weight is 367 g/mol. The number of hydrogen-bond donors (Lipinski definition) is 1. The zero-order valence-corrected chi connectivity index (χ0v) is 15.3. The molecule has 0 radical (unpaired) electrons. The number of piperazine rings is 1. The highest BCUT2D eigenvalue weighted by Gasteiger charge is 2.23. The monoisotopic (exact) mass is 366 g/mol. The van der Waals surface area contributed by atoms with E-state index in [1.807, 2.05) is 30.9 Å². The number of hydrogen-bond acceptors (Lipinski definition) is 3. The second-order valence-corrected chi connectivity index (χ2v) is 6.90. The summed E-state index contributed by atoms with van der Waals surface area (Å²) in [4.78, 5) is 16.6. The lowest BCUT2D eigenvalue weighted by atomic mass is 10.1. The van der Waals surface area contributed by atoms with Crippen LogP contribution in [0.4, 0.5) is 5.69 Å². The van der Waals surface area contributed by atoms with Gasteiger partial charge in [0.2, 0.25) is 5.91 Å². The number of aromatic amines is 1. The molecule has 1 aromatic heterocycles. The Bertz CT molecular complexity index is 732. The molecule has 0 bridgehead atoms. The first-order valence-corrected chi connectivity index (χ1v) is 8.69. The number of aryl methyl sites for hydroxylation is 2. The third kappa shape index (κ3) is 3.52. The molecule has 1 saturated heterocycles. The fraction of sp³-hybridized carbons (Fsp3) is 0.412. The molecule has 7 heteroatoms. The third-order valence-electron chi connectivity index (χ3n) is 4.49. The summed E-state index contributed by atoms with van der Waals surface area (Å²) in [5.74, 6) is 0.143. The molecule has 0 atom stereocenters. The molecule has 1 aliphatic rings. The topological polar surface area (TPSA) is 52.2 Å². The summed E-state index contributed by atoms with van der Waals surface area (Å²) >= 11 is 12.2. The van der Waals surface area contributed by atoms with E-state index in [1.165, 1.54) is 0 Å². The molecule has 0 saturated carbocycles. The van der Waals surface area contributed by atoms with E-state index >= 15 is 0 Å². The minimum absolute atomic E-state index is 0.143. The van der Waals surface area contributed by atoms with Crippen LogP contribution in [-0.4, -0.2) is 47.2 Å². The Kier molecular flexibility index (Phi) is 5.01. The summed E-state index contributed by atoms with van der Waals surface area (Å²) in [7, 11) is 0. The van der Waals surface area contributed by atoms with Crippen LogP contribution < -0.4 is 4.90 Å². The average Bonchev–Trinajstić information content (AvgIpc) is 2.87. The van der Waals surface area contributed by atoms with Crippen LogP contribution in [0.1, 0.15) is 17.0 Å². The first-order valence-electron chi connectivity index (χ1n) is 7.94. The minimum Gasteiger partial charge on any atom is -0.367 e. The molecule has 1 fully saturated rings. The van der Waals surface area contributed by atoms with Gasteiger partial charge in [-0.25, -0.2) is 0 Å². The van der Waals surface area contributed by atoms with Gasteiger partial charge in [-0.2, -0.15) is 5.10 Å². The van der Waals surface area contributed by atoms with Crippen molar-refractivity contribution in [1.82, 2.24) is 15.1 Å². The Morgan fingerprint density at radius 2 is 1.92 bits per heavy atom. The van der Waals surface area contributed by atoms with Gasteiger partial charge in [0.1, 0.15) is 0 Å². The van der Waals surface area contributed by atoms with Gasteiger partial charge in [0, 0.05) is 42.5 Å². The number of benzene rings is 1. The van der Waals surface area contributed by atoms with E-state index in [0.717, 1.165) is 35.7 Å². The van der Waals surface area contributed by atoms with Gasteiger partial charge < -0.3 is 9.80 Å². The van der Waals surface area contributed by atoms with Crippen molar-refractivity contribution in [3.8, 4) is 0 Å². The van der Waals surface area contributed by atoms with Gasteiger partial charge in [0.05, 0.1) is 22.8 Å². The second-order valence-electron chi connectivity index (χ2n) is 6.05. The second kappa shape index (κ2) is 7.03. The Morgan fingerprint density at radius 1 is 1.21 bits per heavy atom. The van der Waals surface area contributed by atoms with Crippen molar-refractivity contribution in [3.63, 3.8) is 0 Å². The summed E-state index contributed by atoms with van der Waals surface area (Å²) in [5.41, 5.74) is 3.83.